The van der Waals surface area contributed by atoms with Crippen molar-refractivity contribution in [1.29, 1.82) is 0 Å². The van der Waals surface area contributed by atoms with Gasteiger partial charge in [-0.3, -0.25) is 0 Å². The average molecular weight is 330 g/mol. The molecule has 0 atom stereocenters. The van der Waals surface area contributed by atoms with E-state index in [4.69, 9.17) is 11.6 Å². The van der Waals surface area contributed by atoms with Gasteiger partial charge in [0.25, 0.3) is 0 Å². The molecule has 0 spiro atoms. The van der Waals surface area contributed by atoms with Crippen LogP contribution in [0.5, 0.6) is 5.75 Å². The number of ether oxygens (including phenoxy) is 2. The van der Waals surface area contributed by atoms with Gasteiger partial charge in [0.1, 0.15) is 5.75 Å². The second kappa shape index (κ2) is 5.64. The van der Waals surface area contributed by atoms with E-state index < -0.39 is 12.1 Å². The van der Waals surface area contributed by atoms with Crippen molar-refractivity contribution in [1.82, 2.24) is 0 Å². The molecule has 0 fully saturated rings. The van der Waals surface area contributed by atoms with Gasteiger partial charge >= 0.3 is 12.1 Å². The van der Waals surface area contributed by atoms with Gasteiger partial charge in [0.05, 0.1) is 11.1 Å². The molecule has 0 aliphatic rings. The molecule has 0 aliphatic carbocycles. The number of alkyl halides is 2. The zero-order valence-corrected chi connectivity index (χ0v) is 11.0. The highest BCUT2D eigenvalue weighted by Gasteiger charge is 2.44. The Morgan fingerprint density at radius 2 is 2.18 bits per heavy atom. The van der Waals surface area contributed by atoms with Crippen LogP contribution in [0.1, 0.15) is 6.92 Å². The van der Waals surface area contributed by atoms with E-state index in [-0.39, 0.29) is 16.8 Å². The molecule has 3 nitrogen and oxygen atoms in total. The Morgan fingerprint density at radius 3 is 2.71 bits per heavy atom. The Morgan fingerprint density at radius 1 is 1.53 bits per heavy atom. The van der Waals surface area contributed by atoms with Crippen LogP contribution in [-0.2, 0) is 9.53 Å². The smallest absolute Gasteiger partial charge is 0.459 e. The standard InChI is InChI=1S/C10H8BrClF2O3/c1-2-16-9(15)10(13,14)17-8-4-3-6(12)5-7(8)11/h3-5H,2H2,1H3. The summed E-state index contributed by atoms with van der Waals surface area (Å²) in [6.07, 6.45) is -4.04. The lowest BCUT2D eigenvalue weighted by Gasteiger charge is -2.16. The van der Waals surface area contributed by atoms with E-state index in [1.807, 2.05) is 0 Å². The first-order valence-electron chi connectivity index (χ1n) is 4.56. The fraction of sp³-hybridized carbons (Fsp3) is 0.300. The number of halogens is 4. The lowest BCUT2D eigenvalue weighted by atomic mass is 10.3. The molecule has 17 heavy (non-hydrogen) atoms. The first-order valence-corrected chi connectivity index (χ1v) is 5.73. The molecule has 1 aromatic rings. The van der Waals surface area contributed by atoms with Crippen molar-refractivity contribution in [3.63, 3.8) is 0 Å². The van der Waals surface area contributed by atoms with Crippen LogP contribution in [-0.4, -0.2) is 18.7 Å². The van der Waals surface area contributed by atoms with E-state index in [0.29, 0.717) is 5.02 Å². The van der Waals surface area contributed by atoms with Crippen molar-refractivity contribution in [3.05, 3.63) is 27.7 Å². The predicted molar refractivity (Wildman–Crippen MR) is 61.4 cm³/mol. The van der Waals surface area contributed by atoms with E-state index in [1.165, 1.54) is 25.1 Å². The summed E-state index contributed by atoms with van der Waals surface area (Å²) in [5.74, 6) is -1.94. The fourth-order valence-corrected chi connectivity index (χ4v) is 1.72. The van der Waals surface area contributed by atoms with Gasteiger partial charge in [0.2, 0.25) is 0 Å². The van der Waals surface area contributed by atoms with Crippen LogP contribution in [0.3, 0.4) is 0 Å². The van der Waals surface area contributed by atoms with Gasteiger partial charge in [0, 0.05) is 5.02 Å². The second-order valence-corrected chi connectivity index (χ2v) is 4.20. The van der Waals surface area contributed by atoms with E-state index in [2.05, 4.69) is 25.4 Å². The summed E-state index contributed by atoms with van der Waals surface area (Å²) >= 11 is 8.63. The number of hydrogen-bond donors (Lipinski definition) is 0. The molecule has 0 unspecified atom stereocenters. The third-order valence-electron chi connectivity index (χ3n) is 1.65. The normalized spacial score (nSPS) is 11.1. The Bertz CT molecular complexity index is 426. The molecule has 1 rings (SSSR count). The van der Waals surface area contributed by atoms with Crippen molar-refractivity contribution in [3.8, 4) is 5.75 Å². The lowest BCUT2D eigenvalue weighted by molar-refractivity contribution is -0.216. The van der Waals surface area contributed by atoms with Gasteiger partial charge in [0.15, 0.2) is 0 Å². The molecule has 94 valence electrons. The quantitative estimate of drug-likeness (QED) is 0.791. The van der Waals surface area contributed by atoms with Crippen LogP contribution in [0.4, 0.5) is 8.78 Å². The molecule has 0 amide bonds. The Balaban J connectivity index is 2.86. The highest BCUT2D eigenvalue weighted by atomic mass is 79.9. The van der Waals surface area contributed by atoms with Crippen LogP contribution in [0.25, 0.3) is 0 Å². The SMILES string of the molecule is CCOC(=O)C(F)(F)Oc1ccc(Cl)cc1Br. The van der Waals surface area contributed by atoms with Crippen LogP contribution < -0.4 is 4.74 Å². The molecule has 0 bridgehead atoms. The highest BCUT2D eigenvalue weighted by Crippen LogP contribution is 2.32. The molecule has 0 N–H and O–H groups in total. The van der Waals surface area contributed by atoms with Gasteiger partial charge in [-0.2, -0.15) is 8.78 Å². The third-order valence-corrected chi connectivity index (χ3v) is 2.50. The summed E-state index contributed by atoms with van der Waals surface area (Å²) in [6, 6.07) is 3.96. The minimum absolute atomic E-state index is 0.153. The van der Waals surface area contributed by atoms with Crippen molar-refractivity contribution >= 4 is 33.5 Å². The van der Waals surface area contributed by atoms with Gasteiger partial charge in [-0.25, -0.2) is 4.79 Å². The monoisotopic (exact) mass is 328 g/mol. The maximum absolute atomic E-state index is 13.2. The molecule has 0 saturated carbocycles. The molecule has 0 aliphatic heterocycles. The zero-order valence-electron chi connectivity index (χ0n) is 8.68. The molecule has 0 saturated heterocycles. The first-order chi connectivity index (χ1) is 7.86. The van der Waals surface area contributed by atoms with Crippen LogP contribution in [0, 0.1) is 0 Å². The number of hydrogen-bond acceptors (Lipinski definition) is 3. The van der Waals surface area contributed by atoms with Crippen molar-refractivity contribution in [2.24, 2.45) is 0 Å². The van der Waals surface area contributed by atoms with Crippen LogP contribution in [0.2, 0.25) is 5.02 Å². The third kappa shape index (κ3) is 3.81. The van der Waals surface area contributed by atoms with Gasteiger partial charge in [-0.1, -0.05) is 11.6 Å². The maximum Gasteiger partial charge on any atom is 0.502 e. The summed E-state index contributed by atoms with van der Waals surface area (Å²) in [4.78, 5) is 10.9. The maximum atomic E-state index is 13.2. The number of carbonyl (C=O) groups is 1. The van der Waals surface area contributed by atoms with E-state index >= 15 is 0 Å². The highest BCUT2D eigenvalue weighted by molar-refractivity contribution is 9.10. The Kier molecular flexibility index (Phi) is 4.70. The van der Waals surface area contributed by atoms with Gasteiger partial charge < -0.3 is 9.47 Å². The van der Waals surface area contributed by atoms with Gasteiger partial charge in [-0.15, -0.1) is 0 Å². The van der Waals surface area contributed by atoms with E-state index in [1.54, 1.807) is 0 Å². The minimum Gasteiger partial charge on any atom is -0.459 e. The fourth-order valence-electron chi connectivity index (χ4n) is 0.953. The Hall–Kier alpha value is -0.880. The molecular weight excluding hydrogens is 321 g/mol. The number of carbonyl (C=O) groups excluding carboxylic acids is 1. The molecule has 1 aromatic carbocycles. The summed E-state index contributed by atoms with van der Waals surface area (Å²) in [6.45, 7) is 1.27. The first kappa shape index (κ1) is 14.2. The second-order valence-electron chi connectivity index (χ2n) is 2.91. The number of benzene rings is 1. The van der Waals surface area contributed by atoms with Crippen molar-refractivity contribution in [2.45, 2.75) is 13.0 Å². The molecule has 7 heteroatoms. The predicted octanol–water partition coefficient (Wildman–Crippen LogP) is 3.64. The largest absolute Gasteiger partial charge is 0.502 e. The molecule has 0 heterocycles. The van der Waals surface area contributed by atoms with Crippen molar-refractivity contribution in [2.75, 3.05) is 6.61 Å². The van der Waals surface area contributed by atoms with E-state index in [9.17, 15) is 13.6 Å². The summed E-state index contributed by atoms with van der Waals surface area (Å²) in [5, 5.41) is 0.351. The number of rotatable bonds is 4. The average Bonchev–Trinajstić information content (AvgIpc) is 2.22. The van der Waals surface area contributed by atoms with Crippen molar-refractivity contribution < 1.29 is 23.0 Å². The molecule has 0 aromatic heterocycles. The summed E-state index contributed by atoms with van der Waals surface area (Å²) < 4.78 is 35.1. The molecule has 0 radical (unpaired) electrons. The number of esters is 1. The van der Waals surface area contributed by atoms with Crippen LogP contribution in [0.15, 0.2) is 22.7 Å². The minimum atomic E-state index is -4.04. The van der Waals surface area contributed by atoms with E-state index in [0.717, 1.165) is 0 Å². The summed E-state index contributed by atoms with van der Waals surface area (Å²) in [7, 11) is 0. The zero-order chi connectivity index (χ0) is 13.1. The Labute approximate surface area is 110 Å². The van der Waals surface area contributed by atoms with Crippen LogP contribution >= 0.6 is 27.5 Å². The topological polar surface area (TPSA) is 35.5 Å². The van der Waals surface area contributed by atoms with Gasteiger partial charge in [-0.05, 0) is 41.1 Å². The summed E-state index contributed by atoms with van der Waals surface area (Å²) in [5.41, 5.74) is 0. The lowest BCUT2D eigenvalue weighted by Crippen LogP contribution is -2.37. The molecular formula is C10H8BrClF2O3.